The third-order valence-corrected chi connectivity index (χ3v) is 20.2. The molecular weight excluding hydrogens is 1790 g/mol. The molecule has 694 valence electrons. The number of hydrogen-bond acceptors (Lipinski definition) is 32. The molecule has 6 aromatic carbocycles. The summed E-state index contributed by atoms with van der Waals surface area (Å²) in [5.41, 5.74) is 7.22. The highest BCUT2D eigenvalue weighted by Gasteiger charge is 2.26. The predicted octanol–water partition coefficient (Wildman–Crippen LogP) is 20.7. The van der Waals surface area contributed by atoms with E-state index in [-0.39, 0.29) is 62.0 Å². The summed E-state index contributed by atoms with van der Waals surface area (Å²) in [6.07, 6.45) is 13.3. The Morgan fingerprint density at radius 1 is 0.379 bits per heavy atom. The number of nitrogens with zero attached hydrogens (tertiary/aromatic N) is 15. The average molecular weight is 1910 g/mol. The minimum Gasteiger partial charge on any atom is -0.462 e. The van der Waals surface area contributed by atoms with E-state index < -0.39 is 27.3 Å². The van der Waals surface area contributed by atoms with Gasteiger partial charge in [0, 0.05) is 39.8 Å². The fraction of sp³-hybridized carbons (Fsp3) is 0.263. The van der Waals surface area contributed by atoms with Crippen molar-refractivity contribution in [3.63, 3.8) is 0 Å². The second-order valence-corrected chi connectivity index (χ2v) is 29.8. The van der Waals surface area contributed by atoms with Crippen molar-refractivity contribution in [2.75, 3.05) is 56.4 Å². The molecule has 9 heterocycles. The van der Waals surface area contributed by atoms with Gasteiger partial charge in [-0.25, -0.2) is 97.9 Å². The first-order valence-corrected chi connectivity index (χ1v) is 49.2. The molecule has 31 nitrogen and oxygen atoms in total. The molecule has 0 bridgehead atoms. The topological polar surface area (TPSA) is 434 Å². The molecule has 9 aromatic heterocycles. The molecule has 0 aliphatic heterocycles. The molecule has 0 fully saturated rings. The fourth-order valence-corrected chi connectivity index (χ4v) is 14.5. The zero-order valence-electron chi connectivity index (χ0n) is 77.8. The van der Waals surface area contributed by atoms with E-state index in [1.165, 1.54) is 59.4 Å². The molecule has 0 amide bonds. The highest BCUT2D eigenvalue weighted by atomic mass is 35.5. The number of rotatable bonds is 19. The van der Waals surface area contributed by atoms with Gasteiger partial charge in [-0.15, -0.1) is 47.0 Å². The van der Waals surface area contributed by atoms with E-state index in [4.69, 9.17) is 25.8 Å². The second kappa shape index (κ2) is 59.8. The number of carbonyl (C=O) groups excluding carboxylic acids is 4. The Kier molecular flexibility index (Phi) is 50.4. The molecule has 15 aromatic rings. The van der Waals surface area contributed by atoms with Gasteiger partial charge in [-0.05, 0) is 83.4 Å². The maximum atomic E-state index is 12.2. The van der Waals surface area contributed by atoms with E-state index in [9.17, 15) is 42.0 Å². The molecule has 37 heteroatoms. The number of nitrogens with one attached hydrogen (secondary N) is 4. The van der Waals surface area contributed by atoms with Crippen molar-refractivity contribution in [1.82, 2.24) is 90.4 Å². The van der Waals surface area contributed by atoms with Gasteiger partial charge in [0.2, 0.25) is 5.28 Å². The fourth-order valence-electron chi connectivity index (χ4n) is 11.0. The zero-order chi connectivity index (χ0) is 97.8. The third-order valence-electron chi connectivity index (χ3n) is 16.3. The summed E-state index contributed by atoms with van der Waals surface area (Å²) in [7, 11) is -3.68. The second-order valence-electron chi connectivity index (χ2n) is 24.4. The van der Waals surface area contributed by atoms with Crippen LogP contribution in [0.1, 0.15) is 157 Å². The summed E-state index contributed by atoms with van der Waals surface area (Å²) in [6, 6.07) is 56.8. The molecule has 0 radical (unpaired) electrons. The van der Waals surface area contributed by atoms with E-state index in [0.29, 0.717) is 119 Å². The summed E-state index contributed by atoms with van der Waals surface area (Å²) < 4.78 is 38.8. The van der Waals surface area contributed by atoms with Crippen LogP contribution in [-0.2, 0) is 24.0 Å². The summed E-state index contributed by atoms with van der Waals surface area (Å²) in [5.74, 6) is 1.51. The number of para-hydroxylation sites is 1. The Morgan fingerprint density at radius 2 is 0.674 bits per heavy atom. The van der Waals surface area contributed by atoms with Gasteiger partial charge in [-0.2, -0.15) is 15.3 Å². The molecule has 0 spiro atoms. The van der Waals surface area contributed by atoms with Crippen LogP contribution in [0.25, 0.3) is 89.6 Å². The first kappa shape index (κ1) is 111. The summed E-state index contributed by atoms with van der Waals surface area (Å²) >= 11 is 11.2. The van der Waals surface area contributed by atoms with Crippen molar-refractivity contribution >= 4 is 137 Å². The van der Waals surface area contributed by atoms with Crippen LogP contribution < -0.4 is 22.0 Å². The van der Waals surface area contributed by atoms with Gasteiger partial charge in [0.25, 0.3) is 16.7 Å². The Hall–Kier alpha value is -13.3. The lowest BCUT2D eigenvalue weighted by Crippen LogP contribution is -2.15. The van der Waals surface area contributed by atoms with E-state index in [1.54, 1.807) is 71.3 Å². The van der Waals surface area contributed by atoms with Crippen LogP contribution in [0.2, 0.25) is 5.28 Å². The Morgan fingerprint density at radius 3 is 1.05 bits per heavy atom. The Balaban J connectivity index is 0.000000325. The minimum atomic E-state index is -3.68. The number of aldehydes is 1. The van der Waals surface area contributed by atoms with Crippen LogP contribution in [0, 0.1) is 13.8 Å². The Bertz CT molecular complexity index is 6450. The number of esters is 3. The standard InChI is InChI=1S/C18H13N5O.C15H14N2O3S.C15H16N2O2S.C13H10N4O3S.C13H10N4OS.C9H11ClN2O2S.6C2H6/c24-18-15-14(11-19-23-18)21-16(12-7-3-1-4-8-12)22-17(15)20-13-9-5-2-6-10-13;1-3-20-15(19)12-11(9-18)16-13(17-14(12)21-2)10-7-5-4-6-8-10;1-4-19-15(18)12-10(2)16-13(17-14(12)20-3)11-8-6-5-7-9-11;1-21(19,20)13-10-9(7-14-17-12(10)18)15-11(16-13)8-5-3-2-4-6-8;1-19-13-10-9(7-14-17-12(10)18)15-11(16-13)8-5-3-2-4-6-8;1-4-14-8(13)6-5(2)11-9(10)12-7(6)15-3;6*1-2/h1-11H,(H,23,24)(H,20,21,22);4-9H,3H2,1-2H3;5-9H,4H2,1-3H3;2-7H,1H3,(H,17,18);2-7H,1H3,(H,17,18);4H2,1-3H3;6*1-2H3. The van der Waals surface area contributed by atoms with Crippen molar-refractivity contribution in [1.29, 1.82) is 0 Å². The molecule has 0 saturated heterocycles. The van der Waals surface area contributed by atoms with Gasteiger partial charge in [-0.1, -0.05) is 253 Å². The number of fused-ring (bicyclic) bond motifs is 3. The normalized spacial score (nSPS) is 9.96. The minimum absolute atomic E-state index is 0.0478. The number of H-pyrrole nitrogens is 3. The number of ether oxygens (including phenoxy) is 3. The first-order chi connectivity index (χ1) is 64.0. The molecule has 0 aliphatic rings. The first-order valence-electron chi connectivity index (χ1n) is 42.1. The average Bonchev–Trinajstić information content (AvgIpc) is 0.762. The van der Waals surface area contributed by atoms with Crippen LogP contribution in [0.3, 0.4) is 0 Å². The monoisotopic (exact) mass is 1900 g/mol. The lowest BCUT2D eigenvalue weighted by atomic mass is 10.2. The highest BCUT2D eigenvalue weighted by molar-refractivity contribution is 7.99. The number of aryl methyl sites for hydroxylation is 2. The van der Waals surface area contributed by atoms with E-state index in [1.807, 2.05) is 260 Å². The quantitative estimate of drug-likeness (QED) is 0.0146. The van der Waals surface area contributed by atoms with Crippen molar-refractivity contribution < 1.29 is 41.8 Å². The highest BCUT2D eigenvalue weighted by Crippen LogP contribution is 2.31. The van der Waals surface area contributed by atoms with Crippen LogP contribution in [0.15, 0.2) is 240 Å². The maximum absolute atomic E-state index is 12.2. The number of anilines is 2. The van der Waals surface area contributed by atoms with Crippen LogP contribution in [-0.4, -0.2) is 174 Å². The molecule has 15 rings (SSSR count). The summed E-state index contributed by atoms with van der Waals surface area (Å²) in [5, 5.41) is 24.4. The molecule has 0 aliphatic carbocycles. The van der Waals surface area contributed by atoms with Gasteiger partial charge in [0.1, 0.15) is 81.0 Å². The van der Waals surface area contributed by atoms with Gasteiger partial charge in [-0.3, -0.25) is 19.2 Å². The van der Waals surface area contributed by atoms with E-state index >= 15 is 0 Å². The number of hydrogen-bond donors (Lipinski definition) is 4. The third kappa shape index (κ3) is 31.8. The van der Waals surface area contributed by atoms with Gasteiger partial charge >= 0.3 is 17.9 Å². The van der Waals surface area contributed by atoms with E-state index in [0.717, 1.165) is 34.2 Å². The number of sulfone groups is 1. The number of halogens is 1. The predicted molar refractivity (Wildman–Crippen MR) is 533 cm³/mol. The maximum Gasteiger partial charge on any atom is 0.343 e. The largest absolute Gasteiger partial charge is 0.462 e. The van der Waals surface area contributed by atoms with Gasteiger partial charge in [0.05, 0.1) is 49.8 Å². The number of thioether (sulfide) groups is 4. The Labute approximate surface area is 790 Å². The van der Waals surface area contributed by atoms with Crippen molar-refractivity contribution in [2.45, 2.75) is 143 Å². The van der Waals surface area contributed by atoms with Crippen LogP contribution in [0.5, 0.6) is 0 Å². The summed E-state index contributed by atoms with van der Waals surface area (Å²) in [4.78, 5) is 134. The number of carbonyl (C=O) groups is 4. The van der Waals surface area contributed by atoms with Crippen molar-refractivity contribution in [3.05, 3.63) is 271 Å². The number of aromatic nitrogens is 18. The van der Waals surface area contributed by atoms with Crippen molar-refractivity contribution in [2.24, 2.45) is 0 Å². The smallest absolute Gasteiger partial charge is 0.343 e. The van der Waals surface area contributed by atoms with Gasteiger partial charge in [0.15, 0.2) is 50.3 Å². The van der Waals surface area contributed by atoms with Crippen molar-refractivity contribution in [3.8, 4) is 56.9 Å². The van der Waals surface area contributed by atoms with Crippen LogP contribution >= 0.6 is 58.6 Å². The lowest BCUT2D eigenvalue weighted by molar-refractivity contribution is 0.0509. The number of benzene rings is 6. The van der Waals surface area contributed by atoms with Gasteiger partial charge < -0.3 is 19.5 Å². The zero-order valence-corrected chi connectivity index (χ0v) is 82.6. The van der Waals surface area contributed by atoms with E-state index in [2.05, 4.69) is 95.7 Å². The molecule has 132 heavy (non-hydrogen) atoms. The molecule has 0 saturated carbocycles. The SMILES string of the molecule is CC.CC.CC.CC.CC.CC.CCOC(=O)c1c(C)nc(-c2ccccc2)nc1SC.CCOC(=O)c1c(C)nc(Cl)nc1SC.CCOC(=O)c1c(C=O)nc(-c2ccccc2)nc1SC.CS(=O)(=O)c1nc(-c2ccccc2)nc2cn[nH]c(=O)c12.CSc1nc(-c2ccccc2)nc2cn[nH]c(=O)c12.O=c1[nH]ncc2nc(-c3ccccc3)nc(Nc3ccccc3)c12. The van der Waals surface area contributed by atoms with Crippen LogP contribution in [0.4, 0.5) is 11.5 Å². The summed E-state index contributed by atoms with van der Waals surface area (Å²) in [6.45, 7) is 33.6. The molecule has 0 unspecified atom stereocenters. The lowest BCUT2D eigenvalue weighted by Gasteiger charge is -2.11. The molecular formula is C95H110ClN19O12S5. The number of aromatic amines is 3. The molecule has 4 N–H and O–H groups in total. The molecule has 0 atom stereocenters.